The van der Waals surface area contributed by atoms with Gasteiger partial charge in [0.15, 0.2) is 17.0 Å². The fraction of sp³-hybridized carbons (Fsp3) is 0.0667. The molecule has 2 aromatic carbocycles. The molecule has 25 heavy (non-hydrogen) atoms. The number of oxazole rings is 1. The number of aromatic nitrogens is 2. The predicted octanol–water partition coefficient (Wildman–Crippen LogP) is 2.73. The van der Waals surface area contributed by atoms with Gasteiger partial charge in [-0.05, 0) is 24.3 Å². The highest BCUT2D eigenvalue weighted by Gasteiger charge is 2.21. The molecule has 128 valence electrons. The van der Waals surface area contributed by atoms with E-state index in [1.165, 1.54) is 29.8 Å². The molecule has 4 aromatic rings. The molecular formula is C15H10ClN3O5S. The lowest BCUT2D eigenvalue weighted by Crippen LogP contribution is -2.13. The van der Waals surface area contributed by atoms with Gasteiger partial charge in [0.25, 0.3) is 10.0 Å². The standard InChI is InChI=1S/C15H10ClN3O5S/c1-19-10-6-5-8(7-12(10)23-15(19)20)25(21,22)18-14-13-9(16)3-2-4-11(13)24-17-14/h2-7H,1H3,(H,17,18). The number of nitrogens with zero attached hydrogens (tertiary/aromatic N) is 2. The maximum atomic E-state index is 12.6. The third-order valence-corrected chi connectivity index (χ3v) is 5.40. The van der Waals surface area contributed by atoms with Gasteiger partial charge in [0.05, 0.1) is 20.8 Å². The lowest BCUT2D eigenvalue weighted by molar-refractivity contribution is 0.460. The second-order valence-electron chi connectivity index (χ2n) is 5.31. The van der Waals surface area contributed by atoms with E-state index >= 15 is 0 Å². The van der Waals surface area contributed by atoms with Crippen molar-refractivity contribution in [1.29, 1.82) is 0 Å². The summed E-state index contributed by atoms with van der Waals surface area (Å²) in [4.78, 5) is 11.4. The molecule has 0 saturated carbocycles. The Bertz CT molecular complexity index is 1290. The van der Waals surface area contributed by atoms with Gasteiger partial charge < -0.3 is 8.94 Å². The summed E-state index contributed by atoms with van der Waals surface area (Å²) in [5.74, 6) is -0.595. The fourth-order valence-electron chi connectivity index (χ4n) is 2.49. The third-order valence-electron chi connectivity index (χ3n) is 3.75. The first-order valence-corrected chi connectivity index (χ1v) is 8.89. The van der Waals surface area contributed by atoms with Crippen molar-refractivity contribution in [3.63, 3.8) is 0 Å². The SMILES string of the molecule is Cn1c(=O)oc2cc(S(=O)(=O)Nc3noc4cccc(Cl)c34)ccc21. The quantitative estimate of drug-likeness (QED) is 0.586. The monoisotopic (exact) mass is 379 g/mol. The largest absolute Gasteiger partial charge is 0.419 e. The Labute approximate surface area is 145 Å². The molecule has 0 aliphatic heterocycles. The molecule has 0 fully saturated rings. The van der Waals surface area contributed by atoms with Crippen molar-refractivity contribution in [1.82, 2.24) is 9.72 Å². The van der Waals surface area contributed by atoms with Gasteiger partial charge in [-0.1, -0.05) is 22.8 Å². The van der Waals surface area contributed by atoms with Gasteiger partial charge in [-0.25, -0.2) is 13.2 Å². The van der Waals surface area contributed by atoms with Gasteiger partial charge >= 0.3 is 5.76 Å². The van der Waals surface area contributed by atoms with Crippen molar-refractivity contribution in [3.05, 3.63) is 52.0 Å². The summed E-state index contributed by atoms with van der Waals surface area (Å²) in [5.41, 5.74) is 1.01. The molecule has 0 spiro atoms. The summed E-state index contributed by atoms with van der Waals surface area (Å²) in [6, 6.07) is 9.01. The van der Waals surface area contributed by atoms with Crippen LogP contribution in [0.4, 0.5) is 5.82 Å². The summed E-state index contributed by atoms with van der Waals surface area (Å²) in [5, 5.41) is 4.39. The molecule has 0 aliphatic rings. The Morgan fingerprint density at radius 1 is 1.20 bits per heavy atom. The van der Waals surface area contributed by atoms with Crippen LogP contribution in [0.2, 0.25) is 5.02 Å². The number of fused-ring (bicyclic) bond motifs is 2. The normalized spacial score (nSPS) is 12.1. The van der Waals surface area contributed by atoms with E-state index in [0.29, 0.717) is 21.5 Å². The van der Waals surface area contributed by atoms with Crippen molar-refractivity contribution in [2.24, 2.45) is 7.05 Å². The number of anilines is 1. The molecule has 0 atom stereocenters. The van der Waals surface area contributed by atoms with Crippen LogP contribution in [0, 0.1) is 0 Å². The van der Waals surface area contributed by atoms with E-state index in [4.69, 9.17) is 20.5 Å². The smallest absolute Gasteiger partial charge is 0.408 e. The number of nitrogens with one attached hydrogen (secondary N) is 1. The molecule has 4 rings (SSSR count). The van der Waals surface area contributed by atoms with Crippen molar-refractivity contribution in [3.8, 4) is 0 Å². The predicted molar refractivity (Wildman–Crippen MR) is 91.3 cm³/mol. The molecule has 0 bridgehead atoms. The number of benzene rings is 2. The number of hydrogen-bond acceptors (Lipinski definition) is 6. The Hall–Kier alpha value is -2.78. The highest BCUT2D eigenvalue weighted by atomic mass is 35.5. The van der Waals surface area contributed by atoms with E-state index in [2.05, 4.69) is 9.88 Å². The number of hydrogen-bond donors (Lipinski definition) is 1. The molecule has 0 saturated heterocycles. The average Bonchev–Trinajstić information content (AvgIpc) is 3.09. The van der Waals surface area contributed by atoms with Crippen LogP contribution >= 0.6 is 11.6 Å². The Balaban J connectivity index is 1.80. The van der Waals surface area contributed by atoms with Crippen LogP contribution in [0.25, 0.3) is 22.1 Å². The molecule has 10 heteroatoms. The highest BCUT2D eigenvalue weighted by Crippen LogP contribution is 2.31. The van der Waals surface area contributed by atoms with E-state index in [-0.39, 0.29) is 16.3 Å². The summed E-state index contributed by atoms with van der Waals surface area (Å²) < 4.78 is 39.0. The summed E-state index contributed by atoms with van der Waals surface area (Å²) >= 11 is 6.09. The number of sulfonamides is 1. The molecule has 2 aromatic heterocycles. The van der Waals surface area contributed by atoms with Crippen LogP contribution in [-0.2, 0) is 17.1 Å². The van der Waals surface area contributed by atoms with Crippen LogP contribution in [0.5, 0.6) is 0 Å². The first-order chi connectivity index (χ1) is 11.9. The zero-order valence-corrected chi connectivity index (χ0v) is 14.3. The van der Waals surface area contributed by atoms with Gasteiger partial charge in [0.2, 0.25) is 0 Å². The van der Waals surface area contributed by atoms with Crippen molar-refractivity contribution in [2.75, 3.05) is 4.72 Å². The maximum Gasteiger partial charge on any atom is 0.419 e. The van der Waals surface area contributed by atoms with Crippen LogP contribution in [0.15, 0.2) is 55.0 Å². The van der Waals surface area contributed by atoms with Crippen LogP contribution < -0.4 is 10.5 Å². The van der Waals surface area contributed by atoms with Gasteiger partial charge in [0.1, 0.15) is 0 Å². The van der Waals surface area contributed by atoms with Crippen LogP contribution in [0.1, 0.15) is 0 Å². The lowest BCUT2D eigenvalue weighted by Gasteiger charge is -2.05. The van der Waals surface area contributed by atoms with Crippen molar-refractivity contribution in [2.45, 2.75) is 4.90 Å². The van der Waals surface area contributed by atoms with E-state index in [9.17, 15) is 13.2 Å². The highest BCUT2D eigenvalue weighted by molar-refractivity contribution is 7.92. The van der Waals surface area contributed by atoms with Crippen molar-refractivity contribution >= 4 is 49.5 Å². The molecule has 0 radical (unpaired) electrons. The van der Waals surface area contributed by atoms with Gasteiger partial charge in [-0.2, -0.15) is 0 Å². The van der Waals surface area contributed by atoms with E-state index in [1.807, 2.05) is 0 Å². The van der Waals surface area contributed by atoms with Crippen LogP contribution in [-0.4, -0.2) is 18.1 Å². The minimum absolute atomic E-state index is 0.0183. The van der Waals surface area contributed by atoms with Gasteiger partial charge in [-0.3, -0.25) is 9.29 Å². The zero-order valence-electron chi connectivity index (χ0n) is 12.7. The molecule has 1 N–H and O–H groups in total. The van der Waals surface area contributed by atoms with E-state index in [0.717, 1.165) is 0 Å². The minimum Gasteiger partial charge on any atom is -0.408 e. The third kappa shape index (κ3) is 2.48. The first-order valence-electron chi connectivity index (χ1n) is 7.03. The van der Waals surface area contributed by atoms with Crippen molar-refractivity contribution < 1.29 is 17.4 Å². The van der Waals surface area contributed by atoms with E-state index < -0.39 is 15.8 Å². The minimum atomic E-state index is -3.99. The second kappa shape index (κ2) is 5.36. The lowest BCUT2D eigenvalue weighted by atomic mass is 10.2. The molecule has 2 heterocycles. The maximum absolute atomic E-state index is 12.6. The molecular weight excluding hydrogens is 370 g/mol. The zero-order chi connectivity index (χ0) is 17.8. The Morgan fingerprint density at radius 2 is 2.00 bits per heavy atom. The molecule has 0 aliphatic carbocycles. The molecule has 0 unspecified atom stereocenters. The first kappa shape index (κ1) is 15.7. The number of halogens is 1. The summed E-state index contributed by atoms with van der Waals surface area (Å²) in [7, 11) is -2.46. The van der Waals surface area contributed by atoms with Gasteiger partial charge in [0, 0.05) is 13.1 Å². The number of rotatable bonds is 3. The fourth-order valence-corrected chi connectivity index (χ4v) is 3.76. The topological polar surface area (TPSA) is 107 Å². The van der Waals surface area contributed by atoms with Gasteiger partial charge in [-0.15, -0.1) is 0 Å². The molecule has 8 nitrogen and oxygen atoms in total. The summed E-state index contributed by atoms with van der Waals surface area (Å²) in [6.45, 7) is 0. The molecule has 0 amide bonds. The Morgan fingerprint density at radius 3 is 2.80 bits per heavy atom. The number of aryl methyl sites for hydroxylation is 1. The second-order valence-corrected chi connectivity index (χ2v) is 7.40. The van der Waals surface area contributed by atoms with Crippen LogP contribution in [0.3, 0.4) is 0 Å². The van der Waals surface area contributed by atoms with E-state index in [1.54, 1.807) is 18.2 Å². The Kier molecular flexibility index (Phi) is 3.37. The summed E-state index contributed by atoms with van der Waals surface area (Å²) in [6.07, 6.45) is 0. The average molecular weight is 380 g/mol.